The van der Waals surface area contributed by atoms with Gasteiger partial charge in [0, 0.05) is 0 Å². The Labute approximate surface area is 68.6 Å². The molecule has 1 aliphatic heterocycles. The van der Waals surface area contributed by atoms with Crippen LogP contribution in [0.25, 0.3) is 0 Å². The third-order valence-electron chi connectivity index (χ3n) is 2.33. The zero-order valence-corrected chi connectivity index (χ0v) is 7.60. The van der Waals surface area contributed by atoms with Crippen LogP contribution in [0.3, 0.4) is 0 Å². The first-order valence-corrected chi connectivity index (χ1v) is 4.67. The molecule has 0 aromatic carbocycles. The minimum absolute atomic E-state index is 0.433. The highest BCUT2D eigenvalue weighted by molar-refractivity contribution is 7.80. The Morgan fingerprint density at radius 1 is 1.60 bits per heavy atom. The Balaban J connectivity index is 2.36. The smallest absolute Gasteiger partial charge is 0.0587 e. The lowest BCUT2D eigenvalue weighted by Gasteiger charge is -2.09. The first kappa shape index (κ1) is 8.41. The molecule has 3 atom stereocenters. The van der Waals surface area contributed by atoms with E-state index in [1.165, 1.54) is 6.42 Å². The van der Waals surface area contributed by atoms with Crippen LogP contribution in [-0.2, 0) is 4.74 Å². The molecule has 2 heteroatoms. The molecule has 0 N–H and O–H groups in total. The molecule has 0 radical (unpaired) electrons. The first-order valence-electron chi connectivity index (χ1n) is 4.04. The lowest BCUT2D eigenvalue weighted by Crippen LogP contribution is -2.12. The topological polar surface area (TPSA) is 9.23 Å². The van der Waals surface area contributed by atoms with Crippen LogP contribution in [0.4, 0.5) is 0 Å². The van der Waals surface area contributed by atoms with E-state index < -0.39 is 0 Å². The van der Waals surface area contributed by atoms with Crippen LogP contribution in [0.1, 0.15) is 26.7 Å². The van der Waals surface area contributed by atoms with E-state index in [0.29, 0.717) is 18.1 Å². The molecule has 0 aromatic rings. The molecule has 10 heavy (non-hydrogen) atoms. The number of hydrogen-bond donors (Lipinski definition) is 1. The third kappa shape index (κ3) is 1.67. The van der Waals surface area contributed by atoms with Gasteiger partial charge in [-0.05, 0) is 31.4 Å². The fourth-order valence-corrected chi connectivity index (χ4v) is 1.93. The molecule has 1 rings (SSSR count). The van der Waals surface area contributed by atoms with Crippen LogP contribution in [0.5, 0.6) is 0 Å². The normalized spacial score (nSPS) is 40.5. The Morgan fingerprint density at radius 3 is 2.60 bits per heavy atom. The van der Waals surface area contributed by atoms with Gasteiger partial charge >= 0.3 is 0 Å². The zero-order chi connectivity index (χ0) is 7.56. The van der Waals surface area contributed by atoms with Gasteiger partial charge < -0.3 is 4.74 Å². The van der Waals surface area contributed by atoms with Crippen LogP contribution in [0, 0.1) is 5.92 Å². The Hall–Kier alpha value is 0.310. The lowest BCUT2D eigenvalue weighted by atomic mass is 10.0. The predicted octanol–water partition coefficient (Wildman–Crippen LogP) is 2.12. The zero-order valence-electron chi connectivity index (χ0n) is 6.71. The van der Waals surface area contributed by atoms with E-state index in [0.717, 1.165) is 12.2 Å². The summed E-state index contributed by atoms with van der Waals surface area (Å²) < 4.78 is 5.67. The lowest BCUT2D eigenvalue weighted by molar-refractivity contribution is 0.0464. The van der Waals surface area contributed by atoms with Gasteiger partial charge in [0.2, 0.25) is 0 Å². The van der Waals surface area contributed by atoms with Crippen molar-refractivity contribution in [2.45, 2.75) is 38.9 Å². The SMILES string of the molecule is CCC1CC(CS)C(C)O1. The monoisotopic (exact) mass is 160 g/mol. The second-order valence-corrected chi connectivity index (χ2v) is 3.41. The highest BCUT2D eigenvalue weighted by Crippen LogP contribution is 2.28. The number of hydrogen-bond acceptors (Lipinski definition) is 2. The number of rotatable bonds is 2. The van der Waals surface area contributed by atoms with Crippen molar-refractivity contribution in [3.05, 3.63) is 0 Å². The van der Waals surface area contributed by atoms with Crippen molar-refractivity contribution in [2.75, 3.05) is 5.75 Å². The average Bonchev–Trinajstić information content (AvgIpc) is 2.30. The highest BCUT2D eigenvalue weighted by atomic mass is 32.1. The van der Waals surface area contributed by atoms with Gasteiger partial charge in [-0.25, -0.2) is 0 Å². The largest absolute Gasteiger partial charge is 0.375 e. The van der Waals surface area contributed by atoms with Crippen molar-refractivity contribution >= 4 is 12.6 Å². The van der Waals surface area contributed by atoms with Crippen LogP contribution in [-0.4, -0.2) is 18.0 Å². The average molecular weight is 160 g/mol. The molecule has 0 saturated carbocycles. The summed E-state index contributed by atoms with van der Waals surface area (Å²) in [5.41, 5.74) is 0. The van der Waals surface area contributed by atoms with E-state index in [2.05, 4.69) is 26.5 Å². The van der Waals surface area contributed by atoms with E-state index in [1.54, 1.807) is 0 Å². The molecular weight excluding hydrogens is 144 g/mol. The second kappa shape index (κ2) is 3.63. The third-order valence-corrected chi connectivity index (χ3v) is 2.80. The van der Waals surface area contributed by atoms with E-state index >= 15 is 0 Å². The molecule has 1 fully saturated rings. The molecule has 0 spiro atoms. The van der Waals surface area contributed by atoms with Crippen LogP contribution >= 0.6 is 12.6 Å². The van der Waals surface area contributed by atoms with Gasteiger partial charge in [-0.15, -0.1) is 0 Å². The maximum atomic E-state index is 5.67. The van der Waals surface area contributed by atoms with Gasteiger partial charge in [-0.2, -0.15) is 12.6 Å². The van der Waals surface area contributed by atoms with Crippen molar-refractivity contribution in [3.63, 3.8) is 0 Å². The molecule has 3 unspecified atom stereocenters. The second-order valence-electron chi connectivity index (χ2n) is 3.05. The molecule has 0 bridgehead atoms. The summed E-state index contributed by atoms with van der Waals surface area (Å²) in [5, 5.41) is 0. The fourth-order valence-electron chi connectivity index (χ4n) is 1.49. The predicted molar refractivity (Wildman–Crippen MR) is 46.6 cm³/mol. The molecule has 1 aliphatic rings. The molecule has 0 aromatic heterocycles. The molecule has 1 heterocycles. The molecule has 0 aliphatic carbocycles. The maximum Gasteiger partial charge on any atom is 0.0587 e. The van der Waals surface area contributed by atoms with Gasteiger partial charge in [0.15, 0.2) is 0 Å². The van der Waals surface area contributed by atoms with Crippen LogP contribution in [0.2, 0.25) is 0 Å². The van der Waals surface area contributed by atoms with Crippen LogP contribution < -0.4 is 0 Å². The van der Waals surface area contributed by atoms with Gasteiger partial charge in [-0.1, -0.05) is 6.92 Å². The summed E-state index contributed by atoms with van der Waals surface area (Å²) in [6, 6.07) is 0. The van der Waals surface area contributed by atoms with E-state index in [-0.39, 0.29) is 0 Å². The van der Waals surface area contributed by atoms with Gasteiger partial charge in [-0.3, -0.25) is 0 Å². The van der Waals surface area contributed by atoms with Crippen molar-refractivity contribution in [3.8, 4) is 0 Å². The maximum absolute atomic E-state index is 5.67. The minimum Gasteiger partial charge on any atom is -0.375 e. The van der Waals surface area contributed by atoms with Crippen molar-refractivity contribution in [1.82, 2.24) is 0 Å². The Bertz CT molecular complexity index is 105. The summed E-state index contributed by atoms with van der Waals surface area (Å²) in [5.74, 6) is 1.66. The summed E-state index contributed by atoms with van der Waals surface area (Å²) in [6.45, 7) is 4.33. The molecule has 1 saturated heterocycles. The molecule has 1 nitrogen and oxygen atoms in total. The van der Waals surface area contributed by atoms with E-state index in [1.807, 2.05) is 0 Å². The standard InChI is InChI=1S/C8H16OS/c1-3-8-4-7(5-10)6(2)9-8/h6-8,10H,3-5H2,1-2H3. The Morgan fingerprint density at radius 2 is 2.30 bits per heavy atom. The molecular formula is C8H16OS. The fraction of sp³-hybridized carbons (Fsp3) is 1.00. The summed E-state index contributed by atoms with van der Waals surface area (Å²) in [6.07, 6.45) is 3.30. The summed E-state index contributed by atoms with van der Waals surface area (Å²) in [7, 11) is 0. The van der Waals surface area contributed by atoms with Crippen molar-refractivity contribution in [1.29, 1.82) is 0 Å². The van der Waals surface area contributed by atoms with Gasteiger partial charge in [0.25, 0.3) is 0 Å². The highest BCUT2D eigenvalue weighted by Gasteiger charge is 2.29. The first-order chi connectivity index (χ1) is 4.77. The Kier molecular flexibility index (Phi) is 3.05. The molecule has 60 valence electrons. The van der Waals surface area contributed by atoms with Crippen molar-refractivity contribution < 1.29 is 4.74 Å². The van der Waals surface area contributed by atoms with Gasteiger partial charge in [0.05, 0.1) is 12.2 Å². The summed E-state index contributed by atoms with van der Waals surface area (Å²) >= 11 is 4.27. The molecule has 0 amide bonds. The van der Waals surface area contributed by atoms with Crippen molar-refractivity contribution in [2.24, 2.45) is 5.92 Å². The summed E-state index contributed by atoms with van der Waals surface area (Å²) in [4.78, 5) is 0. The number of ether oxygens (including phenoxy) is 1. The number of thiol groups is 1. The van der Waals surface area contributed by atoms with E-state index in [4.69, 9.17) is 4.74 Å². The minimum atomic E-state index is 0.433. The van der Waals surface area contributed by atoms with Gasteiger partial charge in [0.1, 0.15) is 0 Å². The quantitative estimate of drug-likeness (QED) is 0.609. The van der Waals surface area contributed by atoms with E-state index in [9.17, 15) is 0 Å². The van der Waals surface area contributed by atoms with Crippen LogP contribution in [0.15, 0.2) is 0 Å².